The third-order valence-corrected chi connectivity index (χ3v) is 13.6. The first kappa shape index (κ1) is 36.1. The predicted octanol–water partition coefficient (Wildman–Crippen LogP) is 17.7. The fourth-order valence-corrected chi connectivity index (χ4v) is 10.7. The lowest BCUT2D eigenvalue weighted by molar-refractivity contribution is 1.30. The maximum absolute atomic E-state index is 2.43. The van der Waals surface area contributed by atoms with E-state index in [0.29, 0.717) is 0 Å². The first-order chi connectivity index (χ1) is 30.7. The van der Waals surface area contributed by atoms with E-state index >= 15 is 0 Å². The lowest BCUT2D eigenvalue weighted by Gasteiger charge is -2.27. The Morgan fingerprint density at radius 3 is 1.47 bits per heavy atom. The molecule has 0 aliphatic rings. The van der Waals surface area contributed by atoms with Gasteiger partial charge in [0.25, 0.3) is 0 Å². The number of thiophene rings is 1. The number of hydrogen-bond donors (Lipinski definition) is 0. The van der Waals surface area contributed by atoms with E-state index in [4.69, 9.17) is 0 Å². The van der Waals surface area contributed by atoms with Gasteiger partial charge in [-0.25, -0.2) is 0 Å². The second kappa shape index (κ2) is 15.0. The number of fused-ring (bicyclic) bond motifs is 7. The molecule has 2 heteroatoms. The molecule has 0 fully saturated rings. The van der Waals surface area contributed by atoms with E-state index < -0.39 is 0 Å². The number of benzene rings is 11. The SMILES string of the molecule is c1ccc(-c2c(-c3ccccc3)c3cc(-c4ccc(N(c5ccc(-c6ccc7ccccc7c6)cc5)c5cccc6sc7ccccc7c56)cc4)ccc3c3ccccc23)cc1. The molecule has 0 atom stereocenters. The molecule has 0 saturated heterocycles. The average molecular weight is 806 g/mol. The molecule has 0 radical (unpaired) electrons. The molecule has 0 N–H and O–H groups in total. The molecule has 0 aliphatic carbocycles. The van der Waals surface area contributed by atoms with Crippen LogP contribution in [0.4, 0.5) is 17.1 Å². The highest BCUT2D eigenvalue weighted by Gasteiger charge is 2.21. The summed E-state index contributed by atoms with van der Waals surface area (Å²) in [4.78, 5) is 2.43. The summed E-state index contributed by atoms with van der Waals surface area (Å²) < 4.78 is 2.58. The van der Waals surface area contributed by atoms with Gasteiger partial charge in [0.1, 0.15) is 0 Å². The van der Waals surface area contributed by atoms with E-state index in [2.05, 4.69) is 241 Å². The van der Waals surface area contributed by atoms with Crippen LogP contribution in [0.25, 0.3) is 97.0 Å². The van der Waals surface area contributed by atoms with Gasteiger partial charge in [-0.1, -0.05) is 182 Å². The van der Waals surface area contributed by atoms with Crippen LogP contribution < -0.4 is 4.90 Å². The molecule has 1 aromatic heterocycles. The van der Waals surface area contributed by atoms with Crippen molar-refractivity contribution in [2.45, 2.75) is 0 Å². The second-order valence-corrected chi connectivity index (χ2v) is 17.1. The van der Waals surface area contributed by atoms with Gasteiger partial charge in [-0.15, -0.1) is 11.3 Å². The van der Waals surface area contributed by atoms with Gasteiger partial charge >= 0.3 is 0 Å². The molecule has 62 heavy (non-hydrogen) atoms. The zero-order chi connectivity index (χ0) is 41.0. The van der Waals surface area contributed by atoms with Crippen LogP contribution in [0.2, 0.25) is 0 Å². The normalized spacial score (nSPS) is 11.5. The minimum Gasteiger partial charge on any atom is -0.310 e. The summed E-state index contributed by atoms with van der Waals surface area (Å²) in [6, 6.07) is 86.7. The quantitative estimate of drug-likeness (QED) is 0.145. The molecule has 0 saturated carbocycles. The van der Waals surface area contributed by atoms with Crippen molar-refractivity contribution in [3.05, 3.63) is 237 Å². The Hall–Kier alpha value is -7.78. The highest BCUT2D eigenvalue weighted by molar-refractivity contribution is 7.26. The average Bonchev–Trinajstić information content (AvgIpc) is 3.74. The van der Waals surface area contributed by atoms with Crippen LogP contribution in [0.3, 0.4) is 0 Å². The Balaban J connectivity index is 1.01. The first-order valence-electron chi connectivity index (χ1n) is 21.2. The standard InChI is InChI=1S/C60H39NS/c1-3-15-43(16-4-1)58-52-21-10-9-20-50(52)51-37-32-47(39-54(51)59(58)44-17-5-2-6-18-44)42-30-35-49(36-31-42)61(55-23-13-25-57-60(55)53-22-11-12-24-56(53)62-57)48-33-28-41(29-34-48)46-27-26-40-14-7-8-19-45(40)38-46/h1-39H. The van der Waals surface area contributed by atoms with Crippen molar-refractivity contribution in [1.29, 1.82) is 0 Å². The summed E-state index contributed by atoms with van der Waals surface area (Å²) in [5.41, 5.74) is 13.1. The third kappa shape index (κ3) is 6.15. The van der Waals surface area contributed by atoms with E-state index in [9.17, 15) is 0 Å². The molecule has 1 heterocycles. The molecule has 1 nitrogen and oxygen atoms in total. The van der Waals surface area contributed by atoms with Crippen molar-refractivity contribution >= 4 is 80.9 Å². The summed E-state index contributed by atoms with van der Waals surface area (Å²) in [7, 11) is 0. The molecular formula is C60H39NS. The van der Waals surface area contributed by atoms with Crippen LogP contribution in [0.15, 0.2) is 237 Å². The zero-order valence-electron chi connectivity index (χ0n) is 33.9. The molecule has 0 spiro atoms. The van der Waals surface area contributed by atoms with Gasteiger partial charge in [-0.2, -0.15) is 0 Å². The van der Waals surface area contributed by atoms with Crippen molar-refractivity contribution in [1.82, 2.24) is 0 Å². The van der Waals surface area contributed by atoms with Gasteiger partial charge in [0.05, 0.1) is 5.69 Å². The molecule has 0 unspecified atom stereocenters. The molecule has 12 aromatic rings. The molecule has 0 amide bonds. The van der Waals surface area contributed by atoms with Gasteiger partial charge in [-0.3, -0.25) is 0 Å². The Labute approximate surface area is 365 Å². The van der Waals surface area contributed by atoms with Crippen molar-refractivity contribution in [3.8, 4) is 44.5 Å². The van der Waals surface area contributed by atoms with E-state index in [1.54, 1.807) is 0 Å². The molecule has 0 bridgehead atoms. The van der Waals surface area contributed by atoms with E-state index in [1.165, 1.54) is 103 Å². The monoisotopic (exact) mass is 805 g/mol. The van der Waals surface area contributed by atoms with Crippen molar-refractivity contribution in [2.24, 2.45) is 0 Å². The van der Waals surface area contributed by atoms with Crippen LogP contribution in [0.1, 0.15) is 0 Å². The minimum atomic E-state index is 1.11. The molecule has 0 aliphatic heterocycles. The zero-order valence-corrected chi connectivity index (χ0v) is 34.7. The largest absolute Gasteiger partial charge is 0.310 e. The smallest absolute Gasteiger partial charge is 0.0554 e. The molecular weight excluding hydrogens is 767 g/mol. The summed E-state index contributed by atoms with van der Waals surface area (Å²) in [6.45, 7) is 0. The van der Waals surface area contributed by atoms with Gasteiger partial charge < -0.3 is 4.90 Å². The summed E-state index contributed by atoms with van der Waals surface area (Å²) in [5.74, 6) is 0. The highest BCUT2D eigenvalue weighted by atomic mass is 32.1. The van der Waals surface area contributed by atoms with Crippen molar-refractivity contribution in [3.63, 3.8) is 0 Å². The molecule has 290 valence electrons. The van der Waals surface area contributed by atoms with Crippen LogP contribution >= 0.6 is 11.3 Å². The fraction of sp³-hybridized carbons (Fsp3) is 0. The maximum Gasteiger partial charge on any atom is 0.0554 e. The minimum absolute atomic E-state index is 1.11. The second-order valence-electron chi connectivity index (χ2n) is 16.0. The Morgan fingerprint density at radius 2 is 0.774 bits per heavy atom. The fourth-order valence-electron chi connectivity index (χ4n) is 9.52. The highest BCUT2D eigenvalue weighted by Crippen LogP contribution is 2.47. The van der Waals surface area contributed by atoms with Crippen LogP contribution in [-0.2, 0) is 0 Å². The van der Waals surface area contributed by atoms with Crippen LogP contribution in [-0.4, -0.2) is 0 Å². The molecule has 12 rings (SSSR count). The van der Waals surface area contributed by atoms with Gasteiger partial charge in [0.2, 0.25) is 0 Å². The van der Waals surface area contributed by atoms with Crippen molar-refractivity contribution < 1.29 is 0 Å². The Bertz CT molecular complexity index is 3610. The summed E-state index contributed by atoms with van der Waals surface area (Å²) in [5, 5.41) is 10.1. The lowest BCUT2D eigenvalue weighted by atomic mass is 9.84. The predicted molar refractivity (Wildman–Crippen MR) is 268 cm³/mol. The van der Waals surface area contributed by atoms with Crippen LogP contribution in [0.5, 0.6) is 0 Å². The number of hydrogen-bond acceptors (Lipinski definition) is 2. The molecule has 11 aromatic carbocycles. The number of anilines is 3. The first-order valence-corrected chi connectivity index (χ1v) is 22.1. The Kier molecular flexibility index (Phi) is 8.76. The van der Waals surface area contributed by atoms with E-state index in [1.807, 2.05) is 11.3 Å². The topological polar surface area (TPSA) is 3.24 Å². The Morgan fingerprint density at radius 1 is 0.274 bits per heavy atom. The number of rotatable bonds is 7. The van der Waals surface area contributed by atoms with Gasteiger partial charge in [-0.05, 0) is 131 Å². The number of nitrogens with zero attached hydrogens (tertiary/aromatic N) is 1. The van der Waals surface area contributed by atoms with E-state index in [0.717, 1.165) is 11.4 Å². The van der Waals surface area contributed by atoms with Gasteiger partial charge in [0.15, 0.2) is 0 Å². The summed E-state index contributed by atoms with van der Waals surface area (Å²) >= 11 is 1.86. The maximum atomic E-state index is 2.43. The van der Waals surface area contributed by atoms with Crippen LogP contribution in [0, 0.1) is 0 Å². The van der Waals surface area contributed by atoms with E-state index in [-0.39, 0.29) is 0 Å². The lowest BCUT2D eigenvalue weighted by Crippen LogP contribution is -2.10. The van der Waals surface area contributed by atoms with Crippen molar-refractivity contribution in [2.75, 3.05) is 4.90 Å². The summed E-state index contributed by atoms with van der Waals surface area (Å²) in [6.07, 6.45) is 0. The third-order valence-electron chi connectivity index (χ3n) is 12.4. The van der Waals surface area contributed by atoms with Gasteiger partial charge in [0, 0.05) is 31.5 Å².